The molecule has 2 aromatic rings. The Balaban J connectivity index is 2.59. The number of nitrogens with two attached hydrogens (primary N) is 1. The maximum Gasteiger partial charge on any atom is 0.241 e. The predicted molar refractivity (Wildman–Crippen MR) is 74.4 cm³/mol. The number of pyridine rings is 1. The molecule has 4 heteroatoms. The Morgan fingerprint density at radius 1 is 1.50 bits per heavy atom. The van der Waals surface area contributed by atoms with Gasteiger partial charge in [0.25, 0.3) is 0 Å². The van der Waals surface area contributed by atoms with Crippen LogP contribution >= 0.6 is 11.6 Å². The number of amides is 1. The lowest BCUT2D eigenvalue weighted by atomic mass is 10.1. The third-order valence-electron chi connectivity index (χ3n) is 2.72. The molecule has 0 radical (unpaired) electrons. The SMILES string of the molecule is CCc1cccc2cc(/C=C/C(N)=O)c(Cl)nc12. The number of carbonyl (C=O) groups is 1. The normalized spacial score (nSPS) is 11.2. The maximum absolute atomic E-state index is 10.7. The van der Waals surface area contributed by atoms with Crippen molar-refractivity contribution >= 4 is 34.5 Å². The zero-order chi connectivity index (χ0) is 13.1. The van der Waals surface area contributed by atoms with Crippen LogP contribution in [-0.2, 0) is 11.2 Å². The van der Waals surface area contributed by atoms with Crippen molar-refractivity contribution < 1.29 is 4.79 Å². The number of rotatable bonds is 3. The van der Waals surface area contributed by atoms with Crippen molar-refractivity contribution in [1.82, 2.24) is 4.98 Å². The summed E-state index contributed by atoms with van der Waals surface area (Å²) >= 11 is 6.10. The number of halogens is 1. The molecule has 2 N–H and O–H groups in total. The second-order valence-corrected chi connectivity index (χ2v) is 4.30. The van der Waals surface area contributed by atoms with Gasteiger partial charge in [0.2, 0.25) is 5.91 Å². The van der Waals surface area contributed by atoms with Crippen LogP contribution in [0.4, 0.5) is 0 Å². The lowest BCUT2D eigenvalue weighted by Gasteiger charge is -2.06. The fourth-order valence-corrected chi connectivity index (χ4v) is 2.03. The van der Waals surface area contributed by atoms with E-state index in [0.29, 0.717) is 10.7 Å². The first kappa shape index (κ1) is 12.6. The van der Waals surface area contributed by atoms with Crippen LogP contribution in [0.15, 0.2) is 30.3 Å². The molecule has 2 rings (SSSR count). The van der Waals surface area contributed by atoms with Gasteiger partial charge < -0.3 is 5.73 Å². The summed E-state index contributed by atoms with van der Waals surface area (Å²) in [4.78, 5) is 15.1. The number of primary amides is 1. The number of para-hydroxylation sites is 1. The molecule has 0 spiro atoms. The fourth-order valence-electron chi connectivity index (χ4n) is 1.83. The topological polar surface area (TPSA) is 56.0 Å². The molecule has 0 aliphatic heterocycles. The minimum atomic E-state index is -0.506. The second-order valence-electron chi connectivity index (χ2n) is 3.95. The highest BCUT2D eigenvalue weighted by atomic mass is 35.5. The van der Waals surface area contributed by atoms with Gasteiger partial charge in [-0.3, -0.25) is 4.79 Å². The number of benzene rings is 1. The molecule has 3 nitrogen and oxygen atoms in total. The third-order valence-corrected chi connectivity index (χ3v) is 3.02. The van der Waals surface area contributed by atoms with E-state index in [0.717, 1.165) is 22.9 Å². The Morgan fingerprint density at radius 2 is 2.28 bits per heavy atom. The van der Waals surface area contributed by atoms with Gasteiger partial charge in [-0.15, -0.1) is 0 Å². The van der Waals surface area contributed by atoms with E-state index in [2.05, 4.69) is 11.9 Å². The van der Waals surface area contributed by atoms with E-state index < -0.39 is 5.91 Å². The summed E-state index contributed by atoms with van der Waals surface area (Å²) < 4.78 is 0. The Morgan fingerprint density at radius 3 is 2.94 bits per heavy atom. The maximum atomic E-state index is 10.7. The van der Waals surface area contributed by atoms with Gasteiger partial charge in [-0.2, -0.15) is 0 Å². The highest BCUT2D eigenvalue weighted by Gasteiger charge is 2.05. The van der Waals surface area contributed by atoms with Gasteiger partial charge in [0.05, 0.1) is 5.52 Å². The smallest absolute Gasteiger partial charge is 0.241 e. The van der Waals surface area contributed by atoms with Crippen LogP contribution in [0, 0.1) is 0 Å². The van der Waals surface area contributed by atoms with Crippen LogP contribution in [0.2, 0.25) is 5.15 Å². The monoisotopic (exact) mass is 260 g/mol. The summed E-state index contributed by atoms with van der Waals surface area (Å²) in [6.45, 7) is 2.07. The largest absolute Gasteiger partial charge is 0.366 e. The van der Waals surface area contributed by atoms with Crippen molar-refractivity contribution in [3.05, 3.63) is 46.6 Å². The highest BCUT2D eigenvalue weighted by Crippen LogP contribution is 2.24. The van der Waals surface area contributed by atoms with Crippen LogP contribution in [-0.4, -0.2) is 10.9 Å². The summed E-state index contributed by atoms with van der Waals surface area (Å²) in [5.74, 6) is -0.506. The molecule has 0 aliphatic carbocycles. The molecule has 1 aromatic carbocycles. The van der Waals surface area contributed by atoms with Crippen molar-refractivity contribution in [2.24, 2.45) is 5.73 Å². The minimum absolute atomic E-state index is 0.376. The highest BCUT2D eigenvalue weighted by molar-refractivity contribution is 6.31. The lowest BCUT2D eigenvalue weighted by Crippen LogP contribution is -2.05. The first-order valence-corrected chi connectivity index (χ1v) is 6.05. The van der Waals surface area contributed by atoms with Crippen molar-refractivity contribution in [1.29, 1.82) is 0 Å². The minimum Gasteiger partial charge on any atom is -0.366 e. The molecule has 18 heavy (non-hydrogen) atoms. The molecule has 0 bridgehead atoms. The van der Waals surface area contributed by atoms with Crippen LogP contribution in [0.3, 0.4) is 0 Å². The van der Waals surface area contributed by atoms with E-state index in [9.17, 15) is 4.79 Å². The first-order valence-electron chi connectivity index (χ1n) is 5.67. The van der Waals surface area contributed by atoms with E-state index in [1.165, 1.54) is 6.08 Å². The predicted octanol–water partition coefficient (Wildman–Crippen LogP) is 2.95. The van der Waals surface area contributed by atoms with Crippen molar-refractivity contribution in [3.8, 4) is 0 Å². The Kier molecular flexibility index (Phi) is 3.63. The molecule has 0 atom stereocenters. The number of hydrogen-bond donors (Lipinski definition) is 1. The molecule has 1 amide bonds. The molecule has 0 unspecified atom stereocenters. The number of nitrogens with zero attached hydrogens (tertiary/aromatic N) is 1. The molecular weight excluding hydrogens is 248 g/mol. The zero-order valence-electron chi connectivity index (χ0n) is 9.98. The number of aryl methyl sites for hydroxylation is 1. The van der Waals surface area contributed by atoms with E-state index in [1.54, 1.807) is 6.08 Å². The van der Waals surface area contributed by atoms with Crippen LogP contribution in [0.1, 0.15) is 18.1 Å². The summed E-state index contributed by atoms with van der Waals surface area (Å²) in [6, 6.07) is 7.89. The van der Waals surface area contributed by atoms with Gasteiger partial charge in [-0.1, -0.05) is 36.7 Å². The molecule has 1 aromatic heterocycles. The van der Waals surface area contributed by atoms with Crippen LogP contribution in [0.5, 0.6) is 0 Å². The van der Waals surface area contributed by atoms with Crippen LogP contribution in [0.25, 0.3) is 17.0 Å². The molecule has 0 aliphatic rings. The summed E-state index contributed by atoms with van der Waals surface area (Å²) in [6.07, 6.45) is 3.76. The molecule has 0 fully saturated rings. The third kappa shape index (κ3) is 2.51. The van der Waals surface area contributed by atoms with Gasteiger partial charge in [0, 0.05) is 17.0 Å². The van der Waals surface area contributed by atoms with E-state index in [4.69, 9.17) is 17.3 Å². The summed E-state index contributed by atoms with van der Waals surface area (Å²) in [5, 5.41) is 1.38. The average molecular weight is 261 g/mol. The first-order chi connectivity index (χ1) is 8.61. The van der Waals surface area contributed by atoms with Gasteiger partial charge in [0.15, 0.2) is 0 Å². The Bertz CT molecular complexity index is 635. The molecule has 0 saturated heterocycles. The Hall–Kier alpha value is -1.87. The molecule has 0 saturated carbocycles. The van der Waals surface area contributed by atoms with Crippen molar-refractivity contribution in [3.63, 3.8) is 0 Å². The van der Waals surface area contributed by atoms with Crippen molar-refractivity contribution in [2.45, 2.75) is 13.3 Å². The summed E-state index contributed by atoms with van der Waals surface area (Å²) in [7, 11) is 0. The van der Waals surface area contributed by atoms with E-state index in [-0.39, 0.29) is 0 Å². The van der Waals surface area contributed by atoms with E-state index >= 15 is 0 Å². The summed E-state index contributed by atoms with van der Waals surface area (Å²) in [5.41, 5.74) is 7.81. The number of fused-ring (bicyclic) bond motifs is 1. The molecular formula is C14H13ClN2O. The average Bonchev–Trinajstić information content (AvgIpc) is 2.35. The van der Waals surface area contributed by atoms with Gasteiger partial charge in [0.1, 0.15) is 5.15 Å². The molecule has 1 heterocycles. The molecule has 92 valence electrons. The zero-order valence-corrected chi connectivity index (χ0v) is 10.7. The van der Waals surface area contributed by atoms with Crippen LogP contribution < -0.4 is 5.73 Å². The van der Waals surface area contributed by atoms with Gasteiger partial charge in [-0.05, 0) is 24.1 Å². The second kappa shape index (κ2) is 5.19. The quantitative estimate of drug-likeness (QED) is 0.681. The van der Waals surface area contributed by atoms with Crippen molar-refractivity contribution in [2.75, 3.05) is 0 Å². The Labute approximate surface area is 110 Å². The fraction of sp³-hybridized carbons (Fsp3) is 0.143. The van der Waals surface area contributed by atoms with E-state index in [1.807, 2.05) is 24.3 Å². The lowest BCUT2D eigenvalue weighted by molar-refractivity contribution is -0.113. The van der Waals surface area contributed by atoms with Gasteiger partial charge in [-0.25, -0.2) is 4.98 Å². The number of hydrogen-bond acceptors (Lipinski definition) is 2. The van der Waals surface area contributed by atoms with Gasteiger partial charge >= 0.3 is 0 Å². The standard InChI is InChI=1S/C14H13ClN2O/c1-2-9-4-3-5-10-8-11(6-7-12(16)18)14(15)17-13(9)10/h3-8H,2H2,1H3,(H2,16,18)/b7-6+. The number of carbonyl (C=O) groups excluding carboxylic acids is 1. The number of aromatic nitrogens is 1.